The lowest BCUT2D eigenvalue weighted by Crippen LogP contribution is -2.68. The van der Waals surface area contributed by atoms with Gasteiger partial charge in [0.25, 0.3) is 0 Å². The van der Waals surface area contributed by atoms with Gasteiger partial charge >= 0.3 is 0 Å². The van der Waals surface area contributed by atoms with Gasteiger partial charge in [-0.2, -0.15) is 0 Å². The van der Waals surface area contributed by atoms with Gasteiger partial charge in [-0.25, -0.2) is 0 Å². The Balaban J connectivity index is 1.55. The highest BCUT2D eigenvalue weighted by Crippen LogP contribution is 2.57. The molecule has 3 unspecified atom stereocenters. The SMILES string of the molecule is CCOC1CC(NC(=NC)N(C)CC2CCCN2CC)C12CCC2. The molecule has 3 atom stereocenters. The maximum Gasteiger partial charge on any atom is 0.193 e. The van der Waals surface area contributed by atoms with Gasteiger partial charge in [0.05, 0.1) is 6.10 Å². The number of rotatable bonds is 6. The van der Waals surface area contributed by atoms with Crippen molar-refractivity contribution in [2.24, 2.45) is 10.4 Å². The molecule has 0 aromatic carbocycles. The maximum absolute atomic E-state index is 5.98. The molecule has 5 heteroatoms. The summed E-state index contributed by atoms with van der Waals surface area (Å²) < 4.78 is 5.98. The first-order valence-electron chi connectivity index (χ1n) is 9.94. The standard InChI is InChI=1S/C19H36N4O/c1-5-23-12-7-9-15(23)14-22(4)18(20-3)21-16-13-17(24-6-2)19(16)10-8-11-19/h15-17H,5-14H2,1-4H3,(H,20,21). The van der Waals surface area contributed by atoms with Crippen LogP contribution in [0.3, 0.4) is 0 Å². The minimum absolute atomic E-state index is 0.385. The first kappa shape index (κ1) is 18.0. The number of nitrogens with one attached hydrogen (secondary N) is 1. The van der Waals surface area contributed by atoms with E-state index in [-0.39, 0.29) is 0 Å². The molecular formula is C19H36N4O. The first-order chi connectivity index (χ1) is 11.6. The molecule has 1 aliphatic heterocycles. The maximum atomic E-state index is 5.98. The van der Waals surface area contributed by atoms with Crippen LogP contribution in [0.15, 0.2) is 4.99 Å². The Morgan fingerprint density at radius 2 is 2.12 bits per heavy atom. The highest BCUT2D eigenvalue weighted by Gasteiger charge is 2.59. The van der Waals surface area contributed by atoms with Gasteiger partial charge in [-0.3, -0.25) is 9.89 Å². The monoisotopic (exact) mass is 336 g/mol. The van der Waals surface area contributed by atoms with E-state index in [1.165, 1.54) is 38.6 Å². The lowest BCUT2D eigenvalue weighted by atomic mass is 9.51. The van der Waals surface area contributed by atoms with Gasteiger partial charge in [0.2, 0.25) is 0 Å². The summed E-state index contributed by atoms with van der Waals surface area (Å²) in [5, 5.41) is 3.77. The topological polar surface area (TPSA) is 40.1 Å². The number of hydrogen-bond acceptors (Lipinski definition) is 3. The van der Waals surface area contributed by atoms with Gasteiger partial charge in [-0.15, -0.1) is 0 Å². The van der Waals surface area contributed by atoms with Gasteiger partial charge < -0.3 is 15.0 Å². The van der Waals surface area contributed by atoms with Crippen LogP contribution in [0.1, 0.15) is 52.4 Å². The van der Waals surface area contributed by atoms with Gasteiger partial charge in [-0.1, -0.05) is 13.3 Å². The zero-order chi connectivity index (χ0) is 17.2. The van der Waals surface area contributed by atoms with Gasteiger partial charge in [0.15, 0.2) is 5.96 Å². The number of hydrogen-bond donors (Lipinski definition) is 1. The molecule has 1 saturated heterocycles. The van der Waals surface area contributed by atoms with Crippen molar-refractivity contribution >= 4 is 5.96 Å². The summed E-state index contributed by atoms with van der Waals surface area (Å²) in [7, 11) is 4.10. The van der Waals surface area contributed by atoms with Crippen LogP contribution in [0.5, 0.6) is 0 Å². The zero-order valence-corrected chi connectivity index (χ0v) is 16.1. The quantitative estimate of drug-likeness (QED) is 0.597. The number of ether oxygens (including phenoxy) is 1. The molecular weight excluding hydrogens is 300 g/mol. The largest absolute Gasteiger partial charge is 0.378 e. The van der Waals surface area contributed by atoms with Crippen LogP contribution >= 0.6 is 0 Å². The Labute approximate surface area is 147 Å². The zero-order valence-electron chi connectivity index (χ0n) is 16.1. The molecule has 3 aliphatic rings. The molecule has 2 saturated carbocycles. The number of nitrogens with zero attached hydrogens (tertiary/aromatic N) is 3. The summed E-state index contributed by atoms with van der Waals surface area (Å²) >= 11 is 0. The lowest BCUT2D eigenvalue weighted by Gasteiger charge is -2.61. The van der Waals surface area contributed by atoms with Gasteiger partial charge in [-0.05, 0) is 52.1 Å². The predicted molar refractivity (Wildman–Crippen MR) is 99.5 cm³/mol. The average Bonchev–Trinajstić information content (AvgIpc) is 2.95. The van der Waals surface area contributed by atoms with E-state index in [9.17, 15) is 0 Å². The van der Waals surface area contributed by atoms with E-state index < -0.39 is 0 Å². The van der Waals surface area contributed by atoms with Gasteiger partial charge in [0, 0.05) is 44.7 Å². The van der Waals surface area contributed by atoms with E-state index in [4.69, 9.17) is 4.74 Å². The van der Waals surface area contributed by atoms with E-state index in [2.05, 4.69) is 41.0 Å². The van der Waals surface area contributed by atoms with Crippen molar-refractivity contribution in [1.82, 2.24) is 15.1 Å². The van der Waals surface area contributed by atoms with Crippen molar-refractivity contribution < 1.29 is 4.74 Å². The highest BCUT2D eigenvalue weighted by molar-refractivity contribution is 5.80. The molecule has 24 heavy (non-hydrogen) atoms. The summed E-state index contributed by atoms with van der Waals surface area (Å²) in [6, 6.07) is 1.21. The Hall–Kier alpha value is -0.810. The normalized spacial score (nSPS) is 32.5. The Bertz CT molecular complexity index is 449. The van der Waals surface area contributed by atoms with E-state index in [0.29, 0.717) is 23.6 Å². The van der Waals surface area contributed by atoms with Crippen LogP contribution in [0.25, 0.3) is 0 Å². The predicted octanol–water partition coefficient (Wildman–Crippen LogP) is 2.33. The molecule has 0 bridgehead atoms. The summed E-state index contributed by atoms with van der Waals surface area (Å²) in [6.07, 6.45) is 8.21. The van der Waals surface area contributed by atoms with Gasteiger partial charge in [0.1, 0.15) is 0 Å². The average molecular weight is 337 g/mol. The fourth-order valence-electron chi connectivity index (χ4n) is 5.06. The number of guanidine groups is 1. The Kier molecular flexibility index (Phi) is 5.70. The molecule has 0 amide bonds. The van der Waals surface area contributed by atoms with E-state index in [1.54, 1.807) is 0 Å². The molecule has 2 aliphatic carbocycles. The molecule has 3 fully saturated rings. The van der Waals surface area contributed by atoms with E-state index >= 15 is 0 Å². The third-order valence-corrected chi connectivity index (χ3v) is 6.70. The van der Waals surface area contributed by atoms with Crippen molar-refractivity contribution in [3.63, 3.8) is 0 Å². The van der Waals surface area contributed by atoms with Crippen molar-refractivity contribution in [2.75, 3.05) is 40.3 Å². The fraction of sp³-hybridized carbons (Fsp3) is 0.947. The summed E-state index contributed by atoms with van der Waals surface area (Å²) in [5.74, 6) is 1.06. The van der Waals surface area contributed by atoms with Crippen LogP contribution in [0, 0.1) is 5.41 Å². The van der Waals surface area contributed by atoms with Crippen LogP contribution in [-0.2, 0) is 4.74 Å². The second kappa shape index (κ2) is 7.61. The molecule has 0 aromatic rings. The van der Waals surface area contributed by atoms with Crippen LogP contribution in [0.2, 0.25) is 0 Å². The second-order valence-electron chi connectivity index (χ2n) is 7.82. The highest BCUT2D eigenvalue weighted by atomic mass is 16.5. The van der Waals surface area contributed by atoms with Crippen molar-refractivity contribution in [3.05, 3.63) is 0 Å². The van der Waals surface area contributed by atoms with Crippen molar-refractivity contribution in [1.29, 1.82) is 0 Å². The summed E-state index contributed by atoms with van der Waals surface area (Å²) in [5.41, 5.74) is 0.385. The number of likely N-dealkylation sites (N-methyl/N-ethyl adjacent to an activating group) is 2. The Morgan fingerprint density at radius 3 is 2.71 bits per heavy atom. The second-order valence-corrected chi connectivity index (χ2v) is 7.82. The molecule has 5 nitrogen and oxygen atoms in total. The molecule has 3 rings (SSSR count). The molecule has 0 radical (unpaired) electrons. The summed E-state index contributed by atoms with van der Waals surface area (Å²) in [4.78, 5) is 9.51. The third kappa shape index (κ3) is 3.17. The Morgan fingerprint density at radius 1 is 1.33 bits per heavy atom. The summed E-state index contributed by atoms with van der Waals surface area (Å²) in [6.45, 7) is 8.70. The molecule has 138 valence electrons. The van der Waals surface area contributed by atoms with Crippen LogP contribution in [0.4, 0.5) is 0 Å². The first-order valence-corrected chi connectivity index (χ1v) is 9.94. The number of aliphatic imine (C=N–C) groups is 1. The molecule has 1 heterocycles. The van der Waals surface area contributed by atoms with Crippen molar-refractivity contribution in [3.8, 4) is 0 Å². The smallest absolute Gasteiger partial charge is 0.193 e. The number of likely N-dealkylation sites (tertiary alicyclic amines) is 1. The van der Waals surface area contributed by atoms with E-state index in [1.807, 2.05) is 7.05 Å². The molecule has 1 spiro atoms. The molecule has 1 N–H and O–H groups in total. The molecule has 0 aromatic heterocycles. The lowest BCUT2D eigenvalue weighted by molar-refractivity contribution is -0.168. The van der Waals surface area contributed by atoms with E-state index in [0.717, 1.165) is 32.1 Å². The third-order valence-electron chi connectivity index (χ3n) is 6.70. The van der Waals surface area contributed by atoms with Crippen LogP contribution in [-0.4, -0.2) is 74.3 Å². The van der Waals surface area contributed by atoms with Crippen LogP contribution < -0.4 is 5.32 Å². The van der Waals surface area contributed by atoms with Crippen molar-refractivity contribution in [2.45, 2.75) is 70.6 Å². The fourth-order valence-corrected chi connectivity index (χ4v) is 5.06. The minimum Gasteiger partial charge on any atom is -0.378 e. The minimum atomic E-state index is 0.385.